The first-order valence-electron chi connectivity index (χ1n) is 7.75. The molecule has 1 aromatic carbocycles. The number of carbonyl (C=O) groups is 1. The number of nitrogens with zero attached hydrogens (tertiary/aromatic N) is 4. The number of amides is 1. The minimum atomic E-state index is -0.511. The van der Waals surface area contributed by atoms with Crippen LogP contribution in [0.5, 0.6) is 0 Å². The van der Waals surface area contributed by atoms with E-state index >= 15 is 0 Å². The lowest BCUT2D eigenvalue weighted by atomic mass is 10.2. The fraction of sp³-hybridized carbons (Fsp3) is 0.400. The Morgan fingerprint density at radius 1 is 1.25 bits per heavy atom. The van der Waals surface area contributed by atoms with Gasteiger partial charge in [0.2, 0.25) is 5.91 Å². The van der Waals surface area contributed by atoms with Crippen LogP contribution in [-0.4, -0.2) is 25.2 Å². The maximum atomic E-state index is 12.3. The topological polar surface area (TPSA) is 112 Å². The number of rotatable bonds is 4. The number of carbonyl (C=O) groups excluding carboxylic acids is 1. The molecule has 9 nitrogen and oxygen atoms in total. The molecular weight excluding hydrogens is 314 g/mol. The Hall–Kier alpha value is -2.97. The van der Waals surface area contributed by atoms with Gasteiger partial charge < -0.3 is 5.32 Å². The molecule has 0 unspecified atom stereocenters. The molecule has 1 aliphatic rings. The third-order valence-electron chi connectivity index (χ3n) is 3.94. The van der Waals surface area contributed by atoms with E-state index in [-0.39, 0.29) is 17.9 Å². The van der Waals surface area contributed by atoms with Gasteiger partial charge in [-0.25, -0.2) is 9.48 Å². The van der Waals surface area contributed by atoms with Crippen LogP contribution in [0.25, 0.3) is 0 Å². The molecule has 126 valence electrons. The fourth-order valence-corrected chi connectivity index (χ4v) is 2.73. The molecule has 0 spiro atoms. The molecule has 3 rings (SSSR count). The smallest absolute Gasteiger partial charge is 0.324 e. The number of fused-ring (bicyclic) bond motifs is 1. The zero-order chi connectivity index (χ0) is 17.1. The van der Waals surface area contributed by atoms with Gasteiger partial charge in [0.1, 0.15) is 12.4 Å². The molecule has 0 radical (unpaired) electrons. The summed E-state index contributed by atoms with van der Waals surface area (Å²) in [7, 11) is 0. The monoisotopic (exact) mass is 331 g/mol. The van der Waals surface area contributed by atoms with Crippen molar-refractivity contribution in [3.63, 3.8) is 0 Å². The van der Waals surface area contributed by atoms with Crippen molar-refractivity contribution in [2.24, 2.45) is 0 Å². The highest BCUT2D eigenvalue weighted by molar-refractivity contribution is 5.90. The fourth-order valence-electron chi connectivity index (χ4n) is 2.73. The molecular formula is C15H17N5O4. The Bertz CT molecular complexity index is 821. The Labute approximate surface area is 137 Å². The minimum Gasteiger partial charge on any atom is -0.324 e. The van der Waals surface area contributed by atoms with Crippen LogP contribution >= 0.6 is 0 Å². The highest BCUT2D eigenvalue weighted by Crippen LogP contribution is 2.15. The van der Waals surface area contributed by atoms with Crippen molar-refractivity contribution in [2.45, 2.75) is 38.8 Å². The number of non-ortho nitro benzene ring substituents is 1. The van der Waals surface area contributed by atoms with Gasteiger partial charge in [-0.3, -0.25) is 19.5 Å². The Morgan fingerprint density at radius 2 is 2.00 bits per heavy atom. The predicted molar refractivity (Wildman–Crippen MR) is 85.8 cm³/mol. The number of nitrogens with one attached hydrogen (secondary N) is 1. The van der Waals surface area contributed by atoms with Crippen molar-refractivity contribution >= 4 is 17.3 Å². The number of nitro benzene ring substituents is 1. The van der Waals surface area contributed by atoms with E-state index in [1.165, 1.54) is 28.9 Å². The number of benzene rings is 1. The highest BCUT2D eigenvalue weighted by atomic mass is 16.6. The molecule has 2 aromatic rings. The Kier molecular flexibility index (Phi) is 4.41. The van der Waals surface area contributed by atoms with E-state index in [2.05, 4.69) is 10.4 Å². The number of aryl methyl sites for hydroxylation is 1. The zero-order valence-corrected chi connectivity index (χ0v) is 13.0. The van der Waals surface area contributed by atoms with Crippen molar-refractivity contribution in [3.05, 3.63) is 50.7 Å². The summed E-state index contributed by atoms with van der Waals surface area (Å²) in [6.45, 7) is 0.452. The van der Waals surface area contributed by atoms with E-state index in [4.69, 9.17) is 0 Å². The lowest BCUT2D eigenvalue weighted by molar-refractivity contribution is -0.384. The van der Waals surface area contributed by atoms with Gasteiger partial charge in [-0.15, -0.1) is 0 Å². The molecule has 24 heavy (non-hydrogen) atoms. The van der Waals surface area contributed by atoms with E-state index in [0.717, 1.165) is 31.5 Å². The van der Waals surface area contributed by atoms with E-state index in [0.29, 0.717) is 12.2 Å². The minimum absolute atomic E-state index is 0.0536. The molecule has 1 aliphatic heterocycles. The third kappa shape index (κ3) is 3.34. The number of anilines is 1. The first kappa shape index (κ1) is 15.9. The number of hydrogen-bond donors (Lipinski definition) is 1. The van der Waals surface area contributed by atoms with Crippen LogP contribution in [0.1, 0.15) is 25.1 Å². The lowest BCUT2D eigenvalue weighted by Crippen LogP contribution is -2.30. The second-order valence-corrected chi connectivity index (χ2v) is 5.67. The predicted octanol–water partition coefficient (Wildman–Crippen LogP) is 1.32. The van der Waals surface area contributed by atoms with Gasteiger partial charge in [-0.05, 0) is 25.0 Å². The molecule has 2 heterocycles. The number of nitro groups is 1. The summed E-state index contributed by atoms with van der Waals surface area (Å²) in [6.07, 6.45) is 3.74. The van der Waals surface area contributed by atoms with Crippen LogP contribution in [0.2, 0.25) is 0 Å². The summed E-state index contributed by atoms with van der Waals surface area (Å²) in [4.78, 5) is 34.5. The van der Waals surface area contributed by atoms with E-state index in [9.17, 15) is 19.7 Å². The van der Waals surface area contributed by atoms with Crippen LogP contribution in [0.4, 0.5) is 11.4 Å². The van der Waals surface area contributed by atoms with Crippen molar-refractivity contribution in [3.8, 4) is 0 Å². The molecule has 0 atom stereocenters. The molecule has 1 aromatic heterocycles. The van der Waals surface area contributed by atoms with Gasteiger partial charge in [-0.1, -0.05) is 6.42 Å². The molecule has 0 fully saturated rings. The Morgan fingerprint density at radius 3 is 2.71 bits per heavy atom. The number of aromatic nitrogens is 3. The van der Waals surface area contributed by atoms with Gasteiger partial charge >= 0.3 is 5.69 Å². The summed E-state index contributed by atoms with van der Waals surface area (Å²) in [5, 5.41) is 17.5. The average Bonchev–Trinajstić information content (AvgIpc) is 2.73. The highest BCUT2D eigenvalue weighted by Gasteiger charge is 2.17. The maximum absolute atomic E-state index is 12.3. The normalized spacial score (nSPS) is 13.8. The van der Waals surface area contributed by atoms with E-state index < -0.39 is 10.8 Å². The lowest BCUT2D eigenvalue weighted by Gasteiger charge is -2.04. The number of hydrogen-bond acceptors (Lipinski definition) is 5. The summed E-state index contributed by atoms with van der Waals surface area (Å²) in [6, 6.07) is 5.50. The molecule has 1 amide bonds. The third-order valence-corrected chi connectivity index (χ3v) is 3.94. The van der Waals surface area contributed by atoms with Gasteiger partial charge in [-0.2, -0.15) is 5.10 Å². The quantitative estimate of drug-likeness (QED) is 0.670. The van der Waals surface area contributed by atoms with Crippen LogP contribution in [0.3, 0.4) is 0 Å². The maximum Gasteiger partial charge on any atom is 0.346 e. The van der Waals surface area contributed by atoms with E-state index in [1.807, 2.05) is 0 Å². The molecule has 0 bridgehead atoms. The summed E-state index contributed by atoms with van der Waals surface area (Å²) in [5.41, 5.74) is 0.104. The van der Waals surface area contributed by atoms with Crippen molar-refractivity contribution in [1.82, 2.24) is 14.3 Å². The van der Waals surface area contributed by atoms with Crippen LogP contribution < -0.4 is 11.0 Å². The van der Waals surface area contributed by atoms with Gasteiger partial charge in [0.25, 0.3) is 5.69 Å². The first-order chi connectivity index (χ1) is 11.5. The second kappa shape index (κ2) is 6.65. The zero-order valence-electron chi connectivity index (χ0n) is 13.0. The molecule has 0 saturated carbocycles. The van der Waals surface area contributed by atoms with Gasteiger partial charge in [0, 0.05) is 30.8 Å². The molecule has 0 aliphatic carbocycles. The van der Waals surface area contributed by atoms with E-state index in [1.54, 1.807) is 4.57 Å². The Balaban J connectivity index is 1.69. The first-order valence-corrected chi connectivity index (χ1v) is 7.75. The van der Waals surface area contributed by atoms with Crippen LogP contribution in [0.15, 0.2) is 29.1 Å². The van der Waals surface area contributed by atoms with Crippen molar-refractivity contribution in [1.29, 1.82) is 0 Å². The van der Waals surface area contributed by atoms with Crippen molar-refractivity contribution in [2.75, 3.05) is 5.32 Å². The average molecular weight is 331 g/mol. The summed E-state index contributed by atoms with van der Waals surface area (Å²) in [5.74, 6) is 0.319. The second-order valence-electron chi connectivity index (χ2n) is 5.67. The van der Waals surface area contributed by atoms with Crippen LogP contribution in [0, 0.1) is 10.1 Å². The summed E-state index contributed by atoms with van der Waals surface area (Å²) >= 11 is 0. The van der Waals surface area contributed by atoms with Crippen LogP contribution in [-0.2, 0) is 24.3 Å². The van der Waals surface area contributed by atoms with Gasteiger partial charge in [0.15, 0.2) is 0 Å². The van der Waals surface area contributed by atoms with Crippen molar-refractivity contribution < 1.29 is 9.72 Å². The SMILES string of the molecule is O=C(Cn1nc2n(c1=O)CCCCC2)Nc1ccc([N+](=O)[O-])cc1. The standard InChI is InChI=1S/C15H17N5O4/c21-14(16-11-5-7-12(8-6-11)20(23)24)10-19-15(22)18-9-3-1-2-4-13(18)17-19/h5-8H,1-4,9-10H2,(H,16,21). The molecule has 0 saturated heterocycles. The van der Waals surface area contributed by atoms with Gasteiger partial charge in [0.05, 0.1) is 4.92 Å². The summed E-state index contributed by atoms with van der Waals surface area (Å²) < 4.78 is 2.80. The molecule has 1 N–H and O–H groups in total. The largest absolute Gasteiger partial charge is 0.346 e. The molecule has 9 heteroatoms.